The minimum atomic E-state index is 0.258. The van der Waals surface area contributed by atoms with E-state index >= 15 is 0 Å². The summed E-state index contributed by atoms with van der Waals surface area (Å²) in [6, 6.07) is 3.98. The lowest BCUT2D eigenvalue weighted by Gasteiger charge is -2.15. The fourth-order valence-electron chi connectivity index (χ4n) is 1.04. The van der Waals surface area contributed by atoms with Crippen LogP contribution in [0.25, 0.3) is 0 Å². The third-order valence-corrected chi connectivity index (χ3v) is 1.89. The minimum Gasteiger partial charge on any atom is -0.289 e. The van der Waals surface area contributed by atoms with Crippen molar-refractivity contribution in [3.05, 3.63) is 30.1 Å². The lowest BCUT2D eigenvalue weighted by atomic mass is 9.97. The molecule has 14 heavy (non-hydrogen) atoms. The van der Waals surface area contributed by atoms with Gasteiger partial charge in [0.2, 0.25) is 0 Å². The Labute approximate surface area is 86.1 Å². The standard InChI is InChI=1S/C12H18N2/c1-10(14-9-12(2,3)4)11-5-7-13-8-6-11/h5-8H,9H2,1-4H3. The summed E-state index contributed by atoms with van der Waals surface area (Å²) in [6.07, 6.45) is 3.59. The summed E-state index contributed by atoms with van der Waals surface area (Å²) in [5.41, 5.74) is 2.50. The molecule has 0 aliphatic heterocycles. The van der Waals surface area contributed by atoms with Crippen molar-refractivity contribution < 1.29 is 0 Å². The summed E-state index contributed by atoms with van der Waals surface area (Å²) in [5, 5.41) is 0. The first kappa shape index (κ1) is 10.9. The van der Waals surface area contributed by atoms with E-state index in [1.165, 1.54) is 0 Å². The molecule has 0 amide bonds. The van der Waals surface area contributed by atoms with E-state index in [-0.39, 0.29) is 5.41 Å². The molecule has 0 aromatic carbocycles. The zero-order chi connectivity index (χ0) is 10.6. The second-order valence-corrected chi connectivity index (χ2v) is 4.70. The molecule has 0 atom stereocenters. The number of hydrogen-bond acceptors (Lipinski definition) is 2. The van der Waals surface area contributed by atoms with Crippen molar-refractivity contribution in [3.63, 3.8) is 0 Å². The zero-order valence-corrected chi connectivity index (χ0v) is 9.41. The summed E-state index contributed by atoms with van der Waals surface area (Å²) in [6.45, 7) is 9.48. The van der Waals surface area contributed by atoms with Crippen LogP contribution in [-0.2, 0) is 0 Å². The highest BCUT2D eigenvalue weighted by atomic mass is 14.7. The van der Waals surface area contributed by atoms with Crippen molar-refractivity contribution in [2.45, 2.75) is 27.7 Å². The van der Waals surface area contributed by atoms with Gasteiger partial charge in [0.15, 0.2) is 0 Å². The maximum atomic E-state index is 4.55. The Morgan fingerprint density at radius 2 is 1.86 bits per heavy atom. The van der Waals surface area contributed by atoms with Crippen molar-refractivity contribution in [3.8, 4) is 0 Å². The van der Waals surface area contributed by atoms with Crippen LogP contribution >= 0.6 is 0 Å². The molecule has 0 unspecified atom stereocenters. The van der Waals surface area contributed by atoms with Crippen LogP contribution < -0.4 is 0 Å². The molecule has 2 nitrogen and oxygen atoms in total. The SMILES string of the molecule is CC(=NCC(C)(C)C)c1ccncc1. The fourth-order valence-corrected chi connectivity index (χ4v) is 1.04. The lowest BCUT2D eigenvalue weighted by Crippen LogP contribution is -2.11. The summed E-state index contributed by atoms with van der Waals surface area (Å²) >= 11 is 0. The van der Waals surface area contributed by atoms with Gasteiger partial charge in [-0.25, -0.2) is 0 Å². The number of rotatable bonds is 2. The van der Waals surface area contributed by atoms with E-state index in [0.717, 1.165) is 17.8 Å². The Morgan fingerprint density at radius 1 is 1.29 bits per heavy atom. The van der Waals surface area contributed by atoms with Gasteiger partial charge in [-0.05, 0) is 30.0 Å². The number of nitrogens with zero attached hydrogens (tertiary/aromatic N) is 2. The summed E-state index contributed by atoms with van der Waals surface area (Å²) in [5.74, 6) is 0. The van der Waals surface area contributed by atoms with Gasteiger partial charge in [0.25, 0.3) is 0 Å². The van der Waals surface area contributed by atoms with E-state index in [1.807, 2.05) is 19.1 Å². The Bertz CT molecular complexity index is 307. The second-order valence-electron chi connectivity index (χ2n) is 4.70. The third kappa shape index (κ3) is 3.69. The monoisotopic (exact) mass is 190 g/mol. The summed E-state index contributed by atoms with van der Waals surface area (Å²) in [7, 11) is 0. The highest BCUT2D eigenvalue weighted by molar-refractivity contribution is 5.98. The van der Waals surface area contributed by atoms with Gasteiger partial charge in [-0.2, -0.15) is 0 Å². The highest BCUT2D eigenvalue weighted by Crippen LogP contribution is 2.13. The molecule has 0 radical (unpaired) electrons. The van der Waals surface area contributed by atoms with E-state index < -0.39 is 0 Å². The van der Waals surface area contributed by atoms with Crippen molar-refractivity contribution in [1.82, 2.24) is 4.98 Å². The van der Waals surface area contributed by atoms with Gasteiger partial charge < -0.3 is 0 Å². The normalized spacial score (nSPS) is 13.0. The lowest BCUT2D eigenvalue weighted by molar-refractivity contribution is 0.429. The molecule has 0 spiro atoms. The predicted molar refractivity (Wildman–Crippen MR) is 60.8 cm³/mol. The maximum Gasteiger partial charge on any atom is 0.0441 e. The van der Waals surface area contributed by atoms with E-state index in [4.69, 9.17) is 0 Å². The number of pyridine rings is 1. The quantitative estimate of drug-likeness (QED) is 0.658. The molecule has 0 fully saturated rings. The van der Waals surface area contributed by atoms with Crippen LogP contribution in [0.2, 0.25) is 0 Å². The van der Waals surface area contributed by atoms with Crippen LogP contribution in [0, 0.1) is 5.41 Å². The van der Waals surface area contributed by atoms with E-state index in [0.29, 0.717) is 0 Å². The van der Waals surface area contributed by atoms with Gasteiger partial charge in [0.05, 0.1) is 0 Å². The molecule has 0 saturated heterocycles. The molecule has 2 heteroatoms. The molecule has 1 aromatic rings. The number of aliphatic imine (C=N–C) groups is 1. The largest absolute Gasteiger partial charge is 0.289 e. The van der Waals surface area contributed by atoms with Crippen molar-refractivity contribution in [2.75, 3.05) is 6.54 Å². The molecule has 76 valence electrons. The van der Waals surface area contributed by atoms with Gasteiger partial charge in [0, 0.05) is 24.7 Å². The van der Waals surface area contributed by atoms with Crippen molar-refractivity contribution in [1.29, 1.82) is 0 Å². The maximum absolute atomic E-state index is 4.55. The van der Waals surface area contributed by atoms with E-state index in [9.17, 15) is 0 Å². The Balaban J connectivity index is 2.71. The van der Waals surface area contributed by atoms with Gasteiger partial charge in [-0.3, -0.25) is 9.98 Å². The second kappa shape index (κ2) is 4.36. The van der Waals surface area contributed by atoms with Crippen molar-refractivity contribution in [2.24, 2.45) is 10.4 Å². The molecule has 1 aromatic heterocycles. The Morgan fingerprint density at radius 3 is 2.36 bits per heavy atom. The topological polar surface area (TPSA) is 25.2 Å². The first-order valence-electron chi connectivity index (χ1n) is 4.90. The Kier molecular flexibility index (Phi) is 3.39. The Hall–Kier alpha value is -1.18. The average molecular weight is 190 g/mol. The average Bonchev–Trinajstić information content (AvgIpc) is 2.14. The fraction of sp³-hybridized carbons (Fsp3) is 0.500. The van der Waals surface area contributed by atoms with Gasteiger partial charge in [-0.1, -0.05) is 20.8 Å². The van der Waals surface area contributed by atoms with Crippen LogP contribution in [0.4, 0.5) is 0 Å². The van der Waals surface area contributed by atoms with E-state index in [2.05, 4.69) is 30.7 Å². The van der Waals surface area contributed by atoms with Crippen LogP contribution in [-0.4, -0.2) is 17.2 Å². The van der Waals surface area contributed by atoms with Gasteiger partial charge >= 0.3 is 0 Å². The van der Waals surface area contributed by atoms with Gasteiger partial charge in [-0.15, -0.1) is 0 Å². The molecule has 0 bridgehead atoms. The minimum absolute atomic E-state index is 0.258. The molecule has 0 aliphatic carbocycles. The number of hydrogen-bond donors (Lipinski definition) is 0. The van der Waals surface area contributed by atoms with Crippen molar-refractivity contribution >= 4 is 5.71 Å². The van der Waals surface area contributed by atoms with Crippen LogP contribution in [0.1, 0.15) is 33.3 Å². The molecule has 1 heterocycles. The third-order valence-electron chi connectivity index (χ3n) is 1.89. The highest BCUT2D eigenvalue weighted by Gasteiger charge is 2.08. The zero-order valence-electron chi connectivity index (χ0n) is 9.41. The molecular weight excluding hydrogens is 172 g/mol. The molecular formula is C12H18N2. The first-order chi connectivity index (χ1) is 6.49. The molecule has 0 saturated carbocycles. The van der Waals surface area contributed by atoms with Crippen LogP contribution in [0.3, 0.4) is 0 Å². The predicted octanol–water partition coefficient (Wildman–Crippen LogP) is 2.94. The summed E-state index contributed by atoms with van der Waals surface area (Å²) in [4.78, 5) is 8.54. The van der Waals surface area contributed by atoms with E-state index in [1.54, 1.807) is 12.4 Å². The van der Waals surface area contributed by atoms with Crippen LogP contribution in [0.5, 0.6) is 0 Å². The summed E-state index contributed by atoms with van der Waals surface area (Å²) < 4.78 is 0. The van der Waals surface area contributed by atoms with Gasteiger partial charge in [0.1, 0.15) is 0 Å². The molecule has 1 rings (SSSR count). The molecule has 0 aliphatic rings. The van der Waals surface area contributed by atoms with Crippen LogP contribution in [0.15, 0.2) is 29.5 Å². The first-order valence-corrected chi connectivity index (χ1v) is 4.90. The number of aromatic nitrogens is 1. The smallest absolute Gasteiger partial charge is 0.0441 e. The molecule has 0 N–H and O–H groups in total.